The number of carbonyl (C=O) groups excluding carboxylic acids is 1. The lowest BCUT2D eigenvalue weighted by Gasteiger charge is -2.11. The highest BCUT2D eigenvalue weighted by atomic mass is 32.1. The number of thiazole rings is 1. The lowest BCUT2D eigenvalue weighted by molar-refractivity contribution is -0.140. The monoisotopic (exact) mass is 386 g/mol. The second-order valence-electron chi connectivity index (χ2n) is 5.09. The summed E-state index contributed by atoms with van der Waals surface area (Å²) < 4.78 is 42.2. The van der Waals surface area contributed by atoms with Crippen LogP contribution < -0.4 is 10.6 Å². The number of alkyl halides is 3. The highest BCUT2D eigenvalue weighted by molar-refractivity contribution is 7.09. The third kappa shape index (κ3) is 5.45. The van der Waals surface area contributed by atoms with Gasteiger partial charge < -0.3 is 15.4 Å². The number of hydrogen-bond donors (Lipinski definition) is 2. The van der Waals surface area contributed by atoms with Crippen LogP contribution in [0.15, 0.2) is 34.6 Å². The van der Waals surface area contributed by atoms with E-state index in [4.69, 9.17) is 0 Å². The summed E-state index contributed by atoms with van der Waals surface area (Å²) in [6.07, 6.45) is -4.44. The molecule has 2 N–H and O–H groups in total. The van der Waals surface area contributed by atoms with Crippen LogP contribution in [0.3, 0.4) is 0 Å². The zero-order valence-electron chi connectivity index (χ0n) is 14.1. The first kappa shape index (κ1) is 19.7. The van der Waals surface area contributed by atoms with E-state index >= 15 is 0 Å². The lowest BCUT2D eigenvalue weighted by Crippen LogP contribution is -2.36. The minimum Gasteiger partial charge on any atom is -0.465 e. The number of aromatic nitrogens is 1. The highest BCUT2D eigenvalue weighted by Crippen LogP contribution is 2.29. The number of esters is 1. The topological polar surface area (TPSA) is 75.6 Å². The summed E-state index contributed by atoms with van der Waals surface area (Å²) in [7, 11) is 2.87. The Bertz CT molecular complexity index is 773. The summed E-state index contributed by atoms with van der Waals surface area (Å²) in [5.74, 6) is 0.00876. The third-order valence-electron chi connectivity index (χ3n) is 3.31. The maximum Gasteiger partial charge on any atom is 0.434 e. The van der Waals surface area contributed by atoms with Crippen LogP contribution in [-0.4, -0.2) is 31.1 Å². The Balaban J connectivity index is 1.86. The second-order valence-corrected chi connectivity index (χ2v) is 6.03. The fraction of sp³-hybridized carbons (Fsp3) is 0.312. The zero-order chi connectivity index (χ0) is 19.2. The van der Waals surface area contributed by atoms with Crippen LogP contribution in [0.2, 0.25) is 0 Å². The van der Waals surface area contributed by atoms with Crippen molar-refractivity contribution in [3.63, 3.8) is 0 Å². The van der Waals surface area contributed by atoms with Gasteiger partial charge in [-0.15, -0.1) is 11.3 Å². The molecule has 0 atom stereocenters. The van der Waals surface area contributed by atoms with E-state index in [0.717, 1.165) is 22.3 Å². The van der Waals surface area contributed by atoms with Gasteiger partial charge in [0.2, 0.25) is 0 Å². The van der Waals surface area contributed by atoms with Crippen LogP contribution in [0.25, 0.3) is 0 Å². The molecule has 1 aromatic heterocycles. The minimum atomic E-state index is -4.44. The van der Waals surface area contributed by atoms with Gasteiger partial charge in [-0.2, -0.15) is 13.2 Å². The molecule has 140 valence electrons. The molecule has 0 saturated heterocycles. The summed E-state index contributed by atoms with van der Waals surface area (Å²) in [5.41, 5.74) is 0.449. The molecule has 2 aromatic rings. The minimum absolute atomic E-state index is 0.127. The average Bonchev–Trinajstić information content (AvgIpc) is 3.11. The van der Waals surface area contributed by atoms with Crippen LogP contribution in [-0.2, 0) is 24.0 Å². The SMILES string of the molecule is CN=C(NCc1ccc(C(=O)OC)cc1)NCc1nc(C(F)(F)F)cs1. The molecular formula is C16H17F3N4O2S. The Morgan fingerprint density at radius 2 is 1.88 bits per heavy atom. The van der Waals surface area contributed by atoms with Crippen LogP contribution in [0.1, 0.15) is 26.6 Å². The van der Waals surface area contributed by atoms with E-state index in [1.165, 1.54) is 7.11 Å². The number of nitrogens with zero attached hydrogens (tertiary/aromatic N) is 2. The molecule has 26 heavy (non-hydrogen) atoms. The van der Waals surface area contributed by atoms with Crippen molar-refractivity contribution in [2.75, 3.05) is 14.2 Å². The molecule has 0 fully saturated rings. The molecular weight excluding hydrogens is 369 g/mol. The number of guanidine groups is 1. The zero-order valence-corrected chi connectivity index (χ0v) is 14.9. The van der Waals surface area contributed by atoms with Gasteiger partial charge in [-0.05, 0) is 17.7 Å². The number of rotatable bonds is 5. The molecule has 0 saturated carbocycles. The van der Waals surface area contributed by atoms with Crippen LogP contribution in [0.5, 0.6) is 0 Å². The van der Waals surface area contributed by atoms with Gasteiger partial charge in [0.1, 0.15) is 5.01 Å². The van der Waals surface area contributed by atoms with Crippen molar-refractivity contribution in [3.8, 4) is 0 Å². The number of methoxy groups -OCH3 is 1. The summed E-state index contributed by atoms with van der Waals surface area (Å²) in [6.45, 7) is 0.550. The van der Waals surface area contributed by atoms with E-state index in [1.54, 1.807) is 31.3 Å². The maximum absolute atomic E-state index is 12.5. The van der Waals surface area contributed by atoms with Crippen LogP contribution >= 0.6 is 11.3 Å². The molecule has 10 heteroatoms. The Morgan fingerprint density at radius 1 is 1.23 bits per heavy atom. The Hall–Kier alpha value is -2.62. The summed E-state index contributed by atoms with van der Waals surface area (Å²) >= 11 is 0.930. The second kappa shape index (κ2) is 8.65. The average molecular weight is 386 g/mol. The van der Waals surface area contributed by atoms with E-state index < -0.39 is 17.8 Å². The van der Waals surface area contributed by atoms with Gasteiger partial charge in [-0.1, -0.05) is 12.1 Å². The molecule has 0 amide bonds. The van der Waals surface area contributed by atoms with Crippen molar-refractivity contribution in [3.05, 3.63) is 51.5 Å². The summed E-state index contributed by atoms with van der Waals surface area (Å²) in [6, 6.07) is 6.83. The van der Waals surface area contributed by atoms with Crippen molar-refractivity contribution < 1.29 is 22.7 Å². The molecule has 0 aliphatic carbocycles. The third-order valence-corrected chi connectivity index (χ3v) is 4.16. The van der Waals surface area contributed by atoms with Gasteiger partial charge in [-0.25, -0.2) is 9.78 Å². The molecule has 1 heterocycles. The molecule has 6 nitrogen and oxygen atoms in total. The molecule has 0 aliphatic heterocycles. The van der Waals surface area contributed by atoms with Crippen molar-refractivity contribution in [1.82, 2.24) is 15.6 Å². The first-order valence-electron chi connectivity index (χ1n) is 7.47. The quantitative estimate of drug-likeness (QED) is 0.470. The summed E-state index contributed by atoms with van der Waals surface area (Å²) in [5, 5.41) is 7.23. The Kier molecular flexibility index (Phi) is 6.56. The number of hydrogen-bond acceptors (Lipinski definition) is 5. The Morgan fingerprint density at radius 3 is 2.42 bits per heavy atom. The fourth-order valence-electron chi connectivity index (χ4n) is 1.96. The van der Waals surface area contributed by atoms with Crippen molar-refractivity contribution in [2.24, 2.45) is 4.99 Å². The van der Waals surface area contributed by atoms with E-state index in [9.17, 15) is 18.0 Å². The number of aliphatic imine (C=N–C) groups is 1. The van der Waals surface area contributed by atoms with Gasteiger partial charge in [0, 0.05) is 19.0 Å². The first-order valence-corrected chi connectivity index (χ1v) is 8.35. The predicted molar refractivity (Wildman–Crippen MR) is 91.9 cm³/mol. The number of carbonyl (C=O) groups is 1. The number of nitrogens with one attached hydrogen (secondary N) is 2. The van der Waals surface area contributed by atoms with Crippen molar-refractivity contribution in [2.45, 2.75) is 19.3 Å². The molecule has 0 bridgehead atoms. The van der Waals surface area contributed by atoms with Crippen LogP contribution in [0, 0.1) is 0 Å². The van der Waals surface area contributed by atoms with Crippen molar-refractivity contribution in [1.29, 1.82) is 0 Å². The maximum atomic E-state index is 12.5. The molecule has 0 radical (unpaired) electrons. The molecule has 0 aliphatic rings. The van der Waals surface area contributed by atoms with E-state index in [-0.39, 0.29) is 6.54 Å². The molecule has 1 aromatic carbocycles. The van der Waals surface area contributed by atoms with Gasteiger partial charge in [-0.3, -0.25) is 4.99 Å². The van der Waals surface area contributed by atoms with Gasteiger partial charge >= 0.3 is 12.1 Å². The highest BCUT2D eigenvalue weighted by Gasteiger charge is 2.33. The van der Waals surface area contributed by atoms with E-state index in [0.29, 0.717) is 23.1 Å². The van der Waals surface area contributed by atoms with Gasteiger partial charge in [0.15, 0.2) is 11.7 Å². The van der Waals surface area contributed by atoms with Gasteiger partial charge in [0.25, 0.3) is 0 Å². The molecule has 0 spiro atoms. The van der Waals surface area contributed by atoms with Gasteiger partial charge in [0.05, 0.1) is 19.2 Å². The predicted octanol–water partition coefficient (Wildman–Crippen LogP) is 2.81. The van der Waals surface area contributed by atoms with Crippen molar-refractivity contribution >= 4 is 23.3 Å². The largest absolute Gasteiger partial charge is 0.465 e. The standard InChI is InChI=1S/C16H17F3N4O2S/c1-20-15(22-8-13-23-12(9-26-13)16(17,18)19)21-7-10-3-5-11(6-4-10)14(24)25-2/h3-6,9H,7-8H2,1-2H3,(H2,20,21,22). The fourth-order valence-corrected chi connectivity index (χ4v) is 2.71. The Labute approximate surface area is 152 Å². The first-order chi connectivity index (χ1) is 12.3. The van der Waals surface area contributed by atoms with E-state index in [1.807, 2.05) is 0 Å². The lowest BCUT2D eigenvalue weighted by atomic mass is 10.1. The molecule has 2 rings (SSSR count). The van der Waals surface area contributed by atoms with Crippen LogP contribution in [0.4, 0.5) is 13.2 Å². The summed E-state index contributed by atoms with van der Waals surface area (Å²) in [4.78, 5) is 18.9. The van der Waals surface area contributed by atoms with E-state index in [2.05, 4.69) is 25.3 Å². The molecule has 0 unspecified atom stereocenters. The normalized spacial score (nSPS) is 12.0. The number of halogens is 3. The smallest absolute Gasteiger partial charge is 0.434 e. The number of ether oxygens (including phenoxy) is 1. The number of benzene rings is 1.